The Balaban J connectivity index is 5.31. The zero-order chi connectivity index (χ0) is 71.8. The van der Waals surface area contributed by atoms with E-state index in [-0.39, 0.29) is 25.7 Å². The SMILES string of the molecule is CC/C=C\C/C=C\C/C=C\CCCCCCCCCC(=O)OCC(COP(=O)(O)OCC(O)COP(=O)(O)OCC(COC(=O)CCCCCCC/C=C\CCCCCCCC)OC(=O)CCCCCCC/C=C\CCCCCCCC)OC(=O)CCCCCCC/C=C\CCCC. The number of hydrogen-bond acceptors (Lipinski definition) is 15. The number of carbonyl (C=O) groups excluding carboxylic acids is 4. The van der Waals surface area contributed by atoms with Gasteiger partial charge < -0.3 is 33.8 Å². The molecule has 19 heteroatoms. The summed E-state index contributed by atoms with van der Waals surface area (Å²) in [5.41, 5.74) is 0. The van der Waals surface area contributed by atoms with Crippen LogP contribution in [0.2, 0.25) is 0 Å². The molecule has 5 atom stereocenters. The molecule has 0 heterocycles. The fourth-order valence-corrected chi connectivity index (χ4v) is 12.2. The predicted octanol–water partition coefficient (Wildman–Crippen LogP) is 22.4. The second-order valence-corrected chi connectivity index (χ2v) is 29.2. The maximum atomic E-state index is 13.1. The van der Waals surface area contributed by atoms with Gasteiger partial charge in [-0.15, -0.1) is 0 Å². The van der Waals surface area contributed by atoms with Crippen molar-refractivity contribution >= 4 is 39.5 Å². The largest absolute Gasteiger partial charge is 0.472 e. The van der Waals surface area contributed by atoms with Crippen LogP contribution in [0, 0.1) is 0 Å². The first kappa shape index (κ1) is 94.5. The van der Waals surface area contributed by atoms with E-state index in [0.29, 0.717) is 25.7 Å². The van der Waals surface area contributed by atoms with Gasteiger partial charge in [-0.1, -0.05) is 268 Å². The number of esters is 4. The number of allylic oxidation sites excluding steroid dienone is 12. The van der Waals surface area contributed by atoms with E-state index in [4.69, 9.17) is 37.0 Å². The summed E-state index contributed by atoms with van der Waals surface area (Å²) in [6, 6.07) is 0. The van der Waals surface area contributed by atoms with Crippen LogP contribution in [0.1, 0.15) is 349 Å². The van der Waals surface area contributed by atoms with Crippen LogP contribution < -0.4 is 0 Å². The van der Waals surface area contributed by atoms with Gasteiger partial charge in [-0.3, -0.25) is 37.3 Å². The summed E-state index contributed by atoms with van der Waals surface area (Å²) >= 11 is 0. The molecule has 0 bridgehead atoms. The number of rotatable bonds is 74. The molecule has 0 rings (SSSR count). The average Bonchev–Trinajstić information content (AvgIpc) is 0.986. The molecule has 0 aliphatic carbocycles. The molecule has 0 radical (unpaired) electrons. The van der Waals surface area contributed by atoms with E-state index in [0.717, 1.165) is 180 Å². The van der Waals surface area contributed by atoms with Crippen LogP contribution in [0.3, 0.4) is 0 Å². The van der Waals surface area contributed by atoms with Crippen LogP contribution in [0.5, 0.6) is 0 Å². The van der Waals surface area contributed by atoms with Crippen LogP contribution in [-0.4, -0.2) is 96.7 Å². The highest BCUT2D eigenvalue weighted by Crippen LogP contribution is 2.45. The van der Waals surface area contributed by atoms with Gasteiger partial charge in [-0.25, -0.2) is 9.13 Å². The second-order valence-electron chi connectivity index (χ2n) is 26.3. The van der Waals surface area contributed by atoms with E-state index >= 15 is 0 Å². The highest BCUT2D eigenvalue weighted by Gasteiger charge is 2.30. The van der Waals surface area contributed by atoms with Gasteiger partial charge in [-0.2, -0.15) is 0 Å². The number of phosphoric acid groups is 2. The Morgan fingerprint density at radius 3 is 0.857 bits per heavy atom. The smallest absolute Gasteiger partial charge is 0.462 e. The fraction of sp³-hybridized carbons (Fsp3) is 0.797. The van der Waals surface area contributed by atoms with Crippen molar-refractivity contribution in [2.75, 3.05) is 39.6 Å². The van der Waals surface area contributed by atoms with Crippen LogP contribution in [0.4, 0.5) is 0 Å². The van der Waals surface area contributed by atoms with Gasteiger partial charge in [0, 0.05) is 25.7 Å². The first-order chi connectivity index (χ1) is 47.7. The average molecular weight is 1430 g/mol. The van der Waals surface area contributed by atoms with Gasteiger partial charge in [0.15, 0.2) is 12.2 Å². The van der Waals surface area contributed by atoms with Crippen molar-refractivity contribution in [2.24, 2.45) is 0 Å². The summed E-state index contributed by atoms with van der Waals surface area (Å²) in [6.07, 6.45) is 71.7. The van der Waals surface area contributed by atoms with E-state index < -0.39 is 97.5 Å². The molecule has 0 spiro atoms. The summed E-state index contributed by atoms with van der Waals surface area (Å²) in [7, 11) is -9.95. The van der Waals surface area contributed by atoms with Gasteiger partial charge in [0.25, 0.3) is 0 Å². The van der Waals surface area contributed by atoms with Gasteiger partial charge in [0.05, 0.1) is 26.4 Å². The fourth-order valence-electron chi connectivity index (χ4n) is 10.6. The topological polar surface area (TPSA) is 237 Å². The van der Waals surface area contributed by atoms with Crippen molar-refractivity contribution in [3.63, 3.8) is 0 Å². The van der Waals surface area contributed by atoms with Crippen LogP contribution >= 0.6 is 15.6 Å². The highest BCUT2D eigenvalue weighted by atomic mass is 31.2. The number of hydrogen-bond donors (Lipinski definition) is 3. The summed E-state index contributed by atoms with van der Waals surface area (Å²) in [4.78, 5) is 72.9. The molecule has 0 aromatic heterocycles. The Hall–Kier alpha value is -3.50. The minimum absolute atomic E-state index is 0.0840. The van der Waals surface area contributed by atoms with E-state index in [1.54, 1.807) is 0 Å². The molecule has 0 aliphatic heterocycles. The van der Waals surface area contributed by atoms with E-state index in [1.807, 2.05) is 0 Å². The lowest BCUT2D eigenvalue weighted by atomic mass is 10.1. The first-order valence-corrected chi connectivity index (χ1v) is 42.2. The standard InChI is InChI=1S/C79H142O17P2/c1-5-9-13-17-21-25-29-32-35-36-39-41-45-48-52-56-60-64-77(82)89-69-74(95-78(83)65-61-57-53-49-43-28-24-20-16-12-8-4)71-93-97(85,86)91-67-73(80)68-92-98(87,88)94-72-75(96-79(84)66-62-58-54-50-46-42-38-34-31-27-23-19-15-11-7-3)70-90-76(81)63-59-55-51-47-44-40-37-33-30-26-22-18-14-10-6-2/h9,13,20-21,24-25,32-35,37-38,73-75,80H,5-8,10-12,14-19,22-23,26-31,36,39-72H2,1-4H3,(H,85,86)(H,87,88)/b13-9-,24-20-,25-21-,35-32-,37-33-,38-34-. The second kappa shape index (κ2) is 71.9. The van der Waals surface area contributed by atoms with Crippen molar-refractivity contribution < 1.29 is 80.2 Å². The van der Waals surface area contributed by atoms with Gasteiger partial charge in [-0.05, 0) is 128 Å². The molecule has 0 fully saturated rings. The molecular weight excluding hydrogens is 1280 g/mol. The highest BCUT2D eigenvalue weighted by molar-refractivity contribution is 7.47. The zero-order valence-electron chi connectivity index (χ0n) is 62.2. The molecule has 0 aliphatic rings. The van der Waals surface area contributed by atoms with Crippen molar-refractivity contribution in [1.29, 1.82) is 0 Å². The van der Waals surface area contributed by atoms with E-state index in [2.05, 4.69) is 101 Å². The summed E-state index contributed by atoms with van der Waals surface area (Å²) < 4.78 is 68.5. The van der Waals surface area contributed by atoms with E-state index in [1.165, 1.54) is 89.9 Å². The molecule has 0 aromatic carbocycles. The minimum Gasteiger partial charge on any atom is -0.462 e. The molecule has 570 valence electrons. The predicted molar refractivity (Wildman–Crippen MR) is 400 cm³/mol. The molecule has 0 amide bonds. The lowest BCUT2D eigenvalue weighted by Crippen LogP contribution is -2.30. The minimum atomic E-state index is -4.97. The molecule has 0 aromatic rings. The number of aliphatic hydroxyl groups excluding tert-OH is 1. The molecule has 0 saturated heterocycles. The maximum absolute atomic E-state index is 13.1. The summed E-state index contributed by atoms with van der Waals surface area (Å²) in [6.45, 7) is 4.72. The molecule has 5 unspecified atom stereocenters. The maximum Gasteiger partial charge on any atom is 0.472 e. The summed E-state index contributed by atoms with van der Waals surface area (Å²) in [5.74, 6) is -2.19. The lowest BCUT2D eigenvalue weighted by Gasteiger charge is -2.21. The molecule has 0 saturated carbocycles. The Labute approximate surface area is 596 Å². The zero-order valence-corrected chi connectivity index (χ0v) is 64.0. The number of phosphoric ester groups is 2. The van der Waals surface area contributed by atoms with E-state index in [9.17, 15) is 43.2 Å². The molecule has 17 nitrogen and oxygen atoms in total. The Morgan fingerprint density at radius 1 is 0.296 bits per heavy atom. The van der Waals surface area contributed by atoms with Gasteiger partial charge in [0.1, 0.15) is 19.3 Å². The third kappa shape index (κ3) is 70.9. The monoisotopic (exact) mass is 1420 g/mol. The number of carbonyl (C=O) groups is 4. The lowest BCUT2D eigenvalue weighted by molar-refractivity contribution is -0.161. The number of aliphatic hydroxyl groups is 1. The van der Waals surface area contributed by atoms with Crippen LogP contribution in [0.25, 0.3) is 0 Å². The van der Waals surface area contributed by atoms with Crippen molar-refractivity contribution in [3.05, 3.63) is 72.9 Å². The normalized spacial score (nSPS) is 14.3. The number of ether oxygens (including phenoxy) is 4. The number of unbranched alkanes of at least 4 members (excludes halogenated alkanes) is 36. The third-order valence-electron chi connectivity index (χ3n) is 16.6. The molecule has 98 heavy (non-hydrogen) atoms. The Bertz CT molecular complexity index is 2140. The first-order valence-electron chi connectivity index (χ1n) is 39.2. The third-order valence-corrected chi connectivity index (χ3v) is 18.5. The van der Waals surface area contributed by atoms with Crippen LogP contribution in [-0.2, 0) is 65.4 Å². The molecule has 3 N–H and O–H groups in total. The quantitative estimate of drug-likeness (QED) is 0.0169. The Kier molecular flexibility index (Phi) is 69.3. The Morgan fingerprint density at radius 2 is 0.541 bits per heavy atom. The van der Waals surface area contributed by atoms with Gasteiger partial charge in [0.2, 0.25) is 0 Å². The van der Waals surface area contributed by atoms with Crippen molar-refractivity contribution in [2.45, 2.75) is 367 Å². The van der Waals surface area contributed by atoms with Crippen molar-refractivity contribution in [3.8, 4) is 0 Å². The van der Waals surface area contributed by atoms with Crippen LogP contribution in [0.15, 0.2) is 72.9 Å². The molecular formula is C79H142O17P2. The van der Waals surface area contributed by atoms with Gasteiger partial charge >= 0.3 is 39.5 Å². The van der Waals surface area contributed by atoms with Crippen molar-refractivity contribution in [1.82, 2.24) is 0 Å². The summed E-state index contributed by atoms with van der Waals surface area (Å²) in [5, 5.41) is 10.6.